The van der Waals surface area contributed by atoms with Gasteiger partial charge in [-0.05, 0) is 19.3 Å². The molecule has 2 nitrogen and oxygen atoms in total. The zero-order valence-electron chi connectivity index (χ0n) is 23.0. The van der Waals surface area contributed by atoms with Gasteiger partial charge in [0.05, 0.1) is 13.2 Å². The highest BCUT2D eigenvalue weighted by atomic mass is 19.4. The Kier molecular flexibility index (Phi) is 13.7. The van der Waals surface area contributed by atoms with Crippen molar-refractivity contribution >= 4 is 0 Å². The Morgan fingerprint density at radius 2 is 0.469 bits per heavy atom. The summed E-state index contributed by atoms with van der Waals surface area (Å²) in [6, 6.07) is 0. The van der Waals surface area contributed by atoms with Gasteiger partial charge in [-0.1, -0.05) is 0 Å². The maximum atomic E-state index is 13.6. The SMILES string of the molecule is FC(F)(F)C(F)(F)C(F)(F)C(F)(F)C(F)(F)C(F)(F)CCOCCCCCOCCC(F)(F)C(F)(F)C(F)(F)C(F)(F)C(F)(F)C(F)(F)F. The fourth-order valence-electron chi connectivity index (χ4n) is 3.11. The number of rotatable bonds is 20. The molecule has 0 aliphatic rings. The predicted octanol–water partition coefficient (Wildman–Crippen LogP) is 10.4. The lowest BCUT2D eigenvalue weighted by Gasteiger charge is -2.39. The van der Waals surface area contributed by atoms with Crippen LogP contribution in [0.1, 0.15) is 32.1 Å². The van der Waals surface area contributed by atoms with Crippen LogP contribution in [-0.4, -0.2) is 98.0 Å². The molecule has 0 saturated carbocycles. The highest BCUT2D eigenvalue weighted by molar-refractivity contribution is 5.11. The Morgan fingerprint density at radius 3 is 0.694 bits per heavy atom. The van der Waals surface area contributed by atoms with Crippen molar-refractivity contribution in [2.24, 2.45) is 0 Å². The summed E-state index contributed by atoms with van der Waals surface area (Å²) in [4.78, 5) is 0. The first-order valence-electron chi connectivity index (χ1n) is 12.3. The van der Waals surface area contributed by atoms with Gasteiger partial charge in [-0.15, -0.1) is 0 Å². The van der Waals surface area contributed by atoms with E-state index >= 15 is 0 Å². The van der Waals surface area contributed by atoms with Crippen molar-refractivity contribution in [2.75, 3.05) is 26.4 Å². The number of alkyl halides is 26. The van der Waals surface area contributed by atoms with E-state index in [9.17, 15) is 114 Å². The van der Waals surface area contributed by atoms with E-state index in [4.69, 9.17) is 0 Å². The minimum atomic E-state index is -8.10. The third-order valence-electron chi connectivity index (χ3n) is 6.19. The van der Waals surface area contributed by atoms with Crippen molar-refractivity contribution in [3.05, 3.63) is 0 Å². The predicted molar refractivity (Wildman–Crippen MR) is 106 cm³/mol. The van der Waals surface area contributed by atoms with Crippen molar-refractivity contribution in [3.63, 3.8) is 0 Å². The summed E-state index contributed by atoms with van der Waals surface area (Å²) >= 11 is 0. The number of ether oxygens (including phenoxy) is 2. The average molecular weight is 796 g/mol. The molecule has 0 fully saturated rings. The topological polar surface area (TPSA) is 18.5 Å². The van der Waals surface area contributed by atoms with E-state index in [1.165, 1.54) is 0 Å². The Labute approximate surface area is 255 Å². The minimum Gasteiger partial charge on any atom is -0.381 e. The van der Waals surface area contributed by atoms with Crippen LogP contribution in [0.15, 0.2) is 0 Å². The molecule has 0 aromatic rings. The van der Waals surface area contributed by atoms with Crippen molar-refractivity contribution in [1.82, 2.24) is 0 Å². The van der Waals surface area contributed by atoms with E-state index in [1.54, 1.807) is 0 Å². The lowest BCUT2D eigenvalue weighted by Crippen LogP contribution is -2.70. The molecule has 0 aromatic carbocycles. The molecule has 0 heterocycles. The number of hydrogen-bond acceptors (Lipinski definition) is 2. The van der Waals surface area contributed by atoms with Gasteiger partial charge in [-0.3, -0.25) is 0 Å². The number of hydrogen-bond donors (Lipinski definition) is 0. The van der Waals surface area contributed by atoms with Crippen LogP contribution in [0.2, 0.25) is 0 Å². The number of unbranched alkanes of at least 4 members (excludes halogenated alkanes) is 2. The third kappa shape index (κ3) is 8.27. The molecule has 296 valence electrons. The number of halogens is 26. The molecule has 0 radical (unpaired) electrons. The van der Waals surface area contributed by atoms with Crippen LogP contribution < -0.4 is 0 Å². The van der Waals surface area contributed by atoms with Crippen LogP contribution in [0.4, 0.5) is 114 Å². The van der Waals surface area contributed by atoms with Crippen LogP contribution in [0.5, 0.6) is 0 Å². The summed E-state index contributed by atoms with van der Waals surface area (Å²) in [7, 11) is 0. The molecule has 0 aliphatic carbocycles. The first-order valence-corrected chi connectivity index (χ1v) is 12.3. The molecule has 0 saturated heterocycles. The van der Waals surface area contributed by atoms with Crippen LogP contribution in [0.25, 0.3) is 0 Å². The zero-order chi connectivity index (χ0) is 39.8. The molecule has 0 bridgehead atoms. The average Bonchev–Trinajstić information content (AvgIpc) is 2.89. The van der Waals surface area contributed by atoms with Gasteiger partial charge in [0.2, 0.25) is 0 Å². The molecule has 0 N–H and O–H groups in total. The molecular formula is C21H18F26O2. The summed E-state index contributed by atoms with van der Waals surface area (Å²) in [5, 5.41) is 0. The van der Waals surface area contributed by atoms with Crippen molar-refractivity contribution < 1.29 is 124 Å². The fraction of sp³-hybridized carbons (Fsp3) is 1.00. The molecule has 0 amide bonds. The van der Waals surface area contributed by atoms with Crippen LogP contribution in [-0.2, 0) is 9.47 Å². The van der Waals surface area contributed by atoms with E-state index in [2.05, 4.69) is 9.47 Å². The van der Waals surface area contributed by atoms with Gasteiger partial charge < -0.3 is 9.47 Å². The first-order chi connectivity index (χ1) is 21.2. The van der Waals surface area contributed by atoms with Crippen LogP contribution in [0, 0.1) is 0 Å². The maximum Gasteiger partial charge on any atom is 0.460 e. The fourth-order valence-corrected chi connectivity index (χ4v) is 3.11. The second-order valence-electron chi connectivity index (χ2n) is 9.78. The maximum absolute atomic E-state index is 13.6. The molecular weight excluding hydrogens is 778 g/mol. The van der Waals surface area contributed by atoms with Crippen LogP contribution in [0.3, 0.4) is 0 Å². The smallest absolute Gasteiger partial charge is 0.381 e. The molecule has 0 rings (SSSR count). The normalized spacial score (nSPS) is 16.0. The lowest BCUT2D eigenvalue weighted by molar-refractivity contribution is -0.440. The van der Waals surface area contributed by atoms with E-state index in [-0.39, 0.29) is 6.42 Å². The van der Waals surface area contributed by atoms with Gasteiger partial charge in [-0.2, -0.15) is 114 Å². The van der Waals surface area contributed by atoms with E-state index in [0.717, 1.165) is 0 Å². The molecule has 0 atom stereocenters. The van der Waals surface area contributed by atoms with E-state index in [0.29, 0.717) is 0 Å². The minimum absolute atomic E-state index is 0.327. The first kappa shape index (κ1) is 47.1. The molecule has 0 aliphatic heterocycles. The molecule has 0 unspecified atom stereocenters. The van der Waals surface area contributed by atoms with Crippen molar-refractivity contribution in [2.45, 2.75) is 104 Å². The van der Waals surface area contributed by atoms with Gasteiger partial charge in [0.15, 0.2) is 0 Å². The molecule has 0 spiro atoms. The second kappa shape index (κ2) is 14.3. The Morgan fingerprint density at radius 1 is 0.245 bits per heavy atom. The molecule has 49 heavy (non-hydrogen) atoms. The summed E-state index contributed by atoms with van der Waals surface area (Å²) in [6.07, 6.45) is -21.7. The van der Waals surface area contributed by atoms with E-state index in [1.807, 2.05) is 0 Å². The van der Waals surface area contributed by atoms with Gasteiger partial charge in [0, 0.05) is 26.1 Å². The highest BCUT2D eigenvalue weighted by Gasteiger charge is 2.92. The van der Waals surface area contributed by atoms with Gasteiger partial charge >= 0.3 is 71.6 Å². The summed E-state index contributed by atoms with van der Waals surface area (Å²) in [5.41, 5.74) is 0. The van der Waals surface area contributed by atoms with Crippen molar-refractivity contribution in [3.8, 4) is 0 Å². The Hall–Kier alpha value is -1.90. The largest absolute Gasteiger partial charge is 0.460 e. The van der Waals surface area contributed by atoms with Crippen molar-refractivity contribution in [1.29, 1.82) is 0 Å². The molecule has 0 aromatic heterocycles. The Bertz CT molecular complexity index is 976. The summed E-state index contributed by atoms with van der Waals surface area (Å²) in [6.45, 7) is -5.23. The monoisotopic (exact) mass is 796 g/mol. The van der Waals surface area contributed by atoms with Gasteiger partial charge in [-0.25, -0.2) is 0 Å². The standard InChI is InChI=1S/C21H18F26O2/c22-10(23,12(26,27)14(30,31)16(34,35)18(38,39)20(42,43)44)4-8-48-6-2-1-3-7-49-9-5-11(24,25)13(28,29)15(32,33)17(36,37)19(40,41)21(45,46)47/h1-9H2. The summed E-state index contributed by atoms with van der Waals surface area (Å²) in [5.74, 6) is -75.9. The van der Waals surface area contributed by atoms with Crippen LogP contribution >= 0.6 is 0 Å². The van der Waals surface area contributed by atoms with Gasteiger partial charge in [0.25, 0.3) is 0 Å². The Balaban J connectivity index is 4.93. The summed E-state index contributed by atoms with van der Waals surface area (Å²) < 4.78 is 346. The lowest BCUT2D eigenvalue weighted by atomic mass is 9.93. The quantitative estimate of drug-likeness (QED) is 0.0903. The van der Waals surface area contributed by atoms with E-state index < -0.39 is 124 Å². The van der Waals surface area contributed by atoms with Gasteiger partial charge in [0.1, 0.15) is 0 Å². The zero-order valence-corrected chi connectivity index (χ0v) is 23.0. The highest BCUT2D eigenvalue weighted by Crippen LogP contribution is 2.62. The second-order valence-corrected chi connectivity index (χ2v) is 9.78. The molecule has 28 heteroatoms. The third-order valence-corrected chi connectivity index (χ3v) is 6.19.